The number of hydrogen-bond donors (Lipinski definition) is 1. The number of carbonyl (C=O) groups is 2. The van der Waals surface area contributed by atoms with E-state index in [0.29, 0.717) is 23.8 Å². The number of thioether (sulfide) groups is 1. The molecule has 0 aromatic heterocycles. The highest BCUT2D eigenvalue weighted by Gasteiger charge is 2.35. The predicted molar refractivity (Wildman–Crippen MR) is 111 cm³/mol. The molecule has 0 saturated carbocycles. The standard InChI is InChI=1S/C20H21ClN2O3S/c1-3-26-17-10-5-4-9-16(17)23-18(24)12-27-20(23)14-7-6-8-15(11-14)22-19(25)13(2)21/h4-11,13,20H,3,12H2,1-2H3,(H,22,25). The van der Waals surface area contributed by atoms with Crippen LogP contribution in [0, 0.1) is 0 Å². The summed E-state index contributed by atoms with van der Waals surface area (Å²) < 4.78 is 5.71. The highest BCUT2D eigenvalue weighted by Crippen LogP contribution is 2.45. The number of carbonyl (C=O) groups excluding carboxylic acids is 2. The zero-order valence-electron chi connectivity index (χ0n) is 15.1. The lowest BCUT2D eigenvalue weighted by Crippen LogP contribution is -2.28. The number of halogens is 1. The number of nitrogens with zero attached hydrogens (tertiary/aromatic N) is 1. The Balaban J connectivity index is 1.92. The molecule has 142 valence electrons. The quantitative estimate of drug-likeness (QED) is 0.723. The van der Waals surface area contributed by atoms with Gasteiger partial charge in [0.05, 0.1) is 18.0 Å². The van der Waals surface area contributed by atoms with Crippen molar-refractivity contribution >= 4 is 46.6 Å². The van der Waals surface area contributed by atoms with Gasteiger partial charge >= 0.3 is 0 Å². The molecule has 1 N–H and O–H groups in total. The van der Waals surface area contributed by atoms with Gasteiger partial charge in [-0.2, -0.15) is 0 Å². The van der Waals surface area contributed by atoms with Crippen molar-refractivity contribution in [1.29, 1.82) is 0 Å². The van der Waals surface area contributed by atoms with Crippen LogP contribution in [-0.4, -0.2) is 29.6 Å². The summed E-state index contributed by atoms with van der Waals surface area (Å²) in [4.78, 5) is 26.3. The first-order valence-corrected chi connectivity index (χ1v) is 10.2. The van der Waals surface area contributed by atoms with Crippen LogP contribution in [0.3, 0.4) is 0 Å². The molecule has 0 radical (unpaired) electrons. The van der Waals surface area contributed by atoms with E-state index in [1.165, 1.54) is 0 Å². The molecule has 3 rings (SSSR count). The molecule has 1 heterocycles. The maximum absolute atomic E-state index is 12.6. The third-order valence-corrected chi connectivity index (χ3v) is 5.50. The maximum atomic E-state index is 12.6. The van der Waals surface area contributed by atoms with Crippen molar-refractivity contribution in [2.24, 2.45) is 0 Å². The fourth-order valence-electron chi connectivity index (χ4n) is 2.88. The number of alkyl halides is 1. The van der Waals surface area contributed by atoms with Crippen molar-refractivity contribution in [1.82, 2.24) is 0 Å². The first-order chi connectivity index (χ1) is 13.0. The summed E-state index contributed by atoms with van der Waals surface area (Å²) in [7, 11) is 0. The second-order valence-electron chi connectivity index (χ2n) is 6.06. The van der Waals surface area contributed by atoms with E-state index >= 15 is 0 Å². The zero-order chi connectivity index (χ0) is 19.4. The summed E-state index contributed by atoms with van der Waals surface area (Å²) in [5.74, 6) is 0.838. The summed E-state index contributed by atoms with van der Waals surface area (Å²) in [6.07, 6.45) is 0. The second-order valence-corrected chi connectivity index (χ2v) is 7.78. The maximum Gasteiger partial charge on any atom is 0.242 e. The summed E-state index contributed by atoms with van der Waals surface area (Å²) >= 11 is 7.38. The summed E-state index contributed by atoms with van der Waals surface area (Å²) in [6, 6.07) is 15.0. The van der Waals surface area contributed by atoms with Crippen molar-refractivity contribution in [3.8, 4) is 5.75 Å². The Bertz CT molecular complexity index is 843. The van der Waals surface area contributed by atoms with Crippen LogP contribution in [0.15, 0.2) is 48.5 Å². The van der Waals surface area contributed by atoms with Gasteiger partial charge in [-0.3, -0.25) is 14.5 Å². The molecular formula is C20H21ClN2O3S. The van der Waals surface area contributed by atoms with Gasteiger partial charge in [0, 0.05) is 5.69 Å². The summed E-state index contributed by atoms with van der Waals surface area (Å²) in [5, 5.41) is 1.98. The highest BCUT2D eigenvalue weighted by molar-refractivity contribution is 8.00. The number of benzene rings is 2. The van der Waals surface area contributed by atoms with Gasteiger partial charge in [-0.15, -0.1) is 23.4 Å². The van der Waals surface area contributed by atoms with E-state index in [2.05, 4.69) is 5.32 Å². The Kier molecular flexibility index (Phi) is 6.29. The monoisotopic (exact) mass is 404 g/mol. The lowest BCUT2D eigenvalue weighted by Gasteiger charge is -2.26. The topological polar surface area (TPSA) is 58.6 Å². The fraction of sp³-hybridized carbons (Fsp3) is 0.300. The zero-order valence-corrected chi connectivity index (χ0v) is 16.7. The molecule has 1 saturated heterocycles. The molecule has 0 aliphatic carbocycles. The van der Waals surface area contributed by atoms with Crippen LogP contribution in [0.1, 0.15) is 24.8 Å². The molecule has 2 aromatic carbocycles. The average Bonchev–Trinajstić information content (AvgIpc) is 3.04. The third-order valence-electron chi connectivity index (χ3n) is 4.09. The van der Waals surface area contributed by atoms with Crippen molar-refractivity contribution in [3.63, 3.8) is 0 Å². The number of anilines is 2. The average molecular weight is 405 g/mol. The molecule has 2 unspecified atom stereocenters. The Morgan fingerprint density at radius 1 is 1.33 bits per heavy atom. The molecule has 1 aliphatic heterocycles. The largest absolute Gasteiger partial charge is 0.492 e. The van der Waals surface area contributed by atoms with Gasteiger partial charge < -0.3 is 10.1 Å². The van der Waals surface area contributed by atoms with E-state index in [1.807, 2.05) is 49.4 Å². The molecular weight excluding hydrogens is 384 g/mol. The Morgan fingerprint density at radius 3 is 2.85 bits per heavy atom. The Labute approximate surface area is 168 Å². The minimum absolute atomic E-state index is 0.0287. The van der Waals surface area contributed by atoms with Crippen molar-refractivity contribution in [2.75, 3.05) is 22.6 Å². The van der Waals surface area contributed by atoms with Crippen LogP contribution in [0.25, 0.3) is 0 Å². The number of rotatable bonds is 6. The first kappa shape index (κ1) is 19.6. The highest BCUT2D eigenvalue weighted by atomic mass is 35.5. The molecule has 2 amide bonds. The normalized spacial score (nSPS) is 17.7. The van der Waals surface area contributed by atoms with Crippen LogP contribution in [-0.2, 0) is 9.59 Å². The number of amides is 2. The molecule has 27 heavy (non-hydrogen) atoms. The van der Waals surface area contributed by atoms with Crippen LogP contribution >= 0.6 is 23.4 Å². The fourth-order valence-corrected chi connectivity index (χ4v) is 4.09. The minimum Gasteiger partial charge on any atom is -0.492 e. The number of para-hydroxylation sites is 2. The molecule has 1 fully saturated rings. The summed E-state index contributed by atoms with van der Waals surface area (Å²) in [6.45, 7) is 4.06. The van der Waals surface area contributed by atoms with Gasteiger partial charge in [0.1, 0.15) is 16.5 Å². The van der Waals surface area contributed by atoms with E-state index in [1.54, 1.807) is 29.7 Å². The van der Waals surface area contributed by atoms with E-state index in [-0.39, 0.29) is 17.2 Å². The number of nitrogens with one attached hydrogen (secondary N) is 1. The Hall–Kier alpha value is -2.18. The van der Waals surface area contributed by atoms with Crippen LogP contribution in [0.2, 0.25) is 0 Å². The molecule has 5 nitrogen and oxygen atoms in total. The van der Waals surface area contributed by atoms with Crippen molar-refractivity contribution < 1.29 is 14.3 Å². The minimum atomic E-state index is -0.620. The SMILES string of the molecule is CCOc1ccccc1N1C(=O)CSC1c1cccc(NC(=O)C(C)Cl)c1. The predicted octanol–water partition coefficient (Wildman–Crippen LogP) is 4.43. The van der Waals surface area contributed by atoms with Crippen molar-refractivity contribution in [2.45, 2.75) is 24.6 Å². The lowest BCUT2D eigenvalue weighted by molar-refractivity contribution is -0.116. The third kappa shape index (κ3) is 4.39. The smallest absolute Gasteiger partial charge is 0.242 e. The number of ether oxygens (including phenoxy) is 1. The van der Waals surface area contributed by atoms with Crippen LogP contribution < -0.4 is 15.0 Å². The summed E-state index contributed by atoms with van der Waals surface area (Å²) in [5.41, 5.74) is 2.34. The molecule has 0 spiro atoms. The van der Waals surface area contributed by atoms with Crippen LogP contribution in [0.4, 0.5) is 11.4 Å². The van der Waals surface area contributed by atoms with Gasteiger partial charge in [0.25, 0.3) is 0 Å². The van der Waals surface area contributed by atoms with Gasteiger partial charge in [-0.05, 0) is 43.7 Å². The number of hydrogen-bond acceptors (Lipinski definition) is 4. The van der Waals surface area contributed by atoms with E-state index in [4.69, 9.17) is 16.3 Å². The molecule has 7 heteroatoms. The van der Waals surface area contributed by atoms with Gasteiger partial charge in [0.15, 0.2) is 0 Å². The van der Waals surface area contributed by atoms with E-state index in [9.17, 15) is 9.59 Å². The van der Waals surface area contributed by atoms with Crippen LogP contribution in [0.5, 0.6) is 5.75 Å². The van der Waals surface area contributed by atoms with Gasteiger partial charge in [-0.1, -0.05) is 24.3 Å². The molecule has 1 aliphatic rings. The van der Waals surface area contributed by atoms with E-state index in [0.717, 1.165) is 11.3 Å². The molecule has 0 bridgehead atoms. The van der Waals surface area contributed by atoms with Gasteiger partial charge in [0.2, 0.25) is 11.8 Å². The molecule has 2 atom stereocenters. The van der Waals surface area contributed by atoms with Gasteiger partial charge in [-0.25, -0.2) is 0 Å². The Morgan fingerprint density at radius 2 is 2.11 bits per heavy atom. The van der Waals surface area contributed by atoms with Crippen molar-refractivity contribution in [3.05, 3.63) is 54.1 Å². The lowest BCUT2D eigenvalue weighted by atomic mass is 10.1. The second kappa shape index (κ2) is 8.67. The van der Waals surface area contributed by atoms with E-state index < -0.39 is 5.38 Å². The first-order valence-electron chi connectivity index (χ1n) is 8.71. The molecule has 2 aromatic rings.